The molecule has 0 unspecified atom stereocenters. The SMILES string of the molecule is CNC(=O)c1cc(-c2ccc(NCc3c(F)ccc(-c4cc(OC(C)C)ccc4C)c3F)cc2)cn1C. The maximum atomic E-state index is 15.6. The number of nitrogens with one attached hydrogen (secondary N) is 2. The highest BCUT2D eigenvalue weighted by molar-refractivity contribution is 5.94. The number of rotatable bonds is 8. The highest BCUT2D eigenvalue weighted by Crippen LogP contribution is 2.33. The van der Waals surface area contributed by atoms with Gasteiger partial charge in [0.2, 0.25) is 0 Å². The number of hydrogen-bond acceptors (Lipinski definition) is 3. The van der Waals surface area contributed by atoms with Crippen molar-refractivity contribution in [2.45, 2.75) is 33.4 Å². The Morgan fingerprint density at radius 1 is 0.973 bits per heavy atom. The minimum Gasteiger partial charge on any atom is -0.491 e. The summed E-state index contributed by atoms with van der Waals surface area (Å²) in [6.07, 6.45) is 1.87. The average molecular weight is 504 g/mol. The summed E-state index contributed by atoms with van der Waals surface area (Å²) in [6, 6.07) is 17.6. The van der Waals surface area contributed by atoms with Gasteiger partial charge < -0.3 is 19.9 Å². The van der Waals surface area contributed by atoms with Gasteiger partial charge in [0.15, 0.2) is 0 Å². The Kier molecular flexibility index (Phi) is 7.62. The van der Waals surface area contributed by atoms with Crippen LogP contribution >= 0.6 is 0 Å². The molecular weight excluding hydrogens is 472 g/mol. The molecule has 4 rings (SSSR count). The molecule has 1 amide bonds. The zero-order chi connectivity index (χ0) is 26.7. The lowest BCUT2D eigenvalue weighted by Crippen LogP contribution is -2.20. The lowest BCUT2D eigenvalue weighted by Gasteiger charge is -2.16. The number of aromatic nitrogens is 1. The van der Waals surface area contributed by atoms with Crippen LogP contribution in [0.15, 0.2) is 66.9 Å². The number of benzene rings is 3. The normalized spacial score (nSPS) is 11.0. The van der Waals surface area contributed by atoms with Gasteiger partial charge in [-0.3, -0.25) is 4.79 Å². The summed E-state index contributed by atoms with van der Waals surface area (Å²) >= 11 is 0. The van der Waals surface area contributed by atoms with Crippen molar-refractivity contribution in [2.24, 2.45) is 7.05 Å². The lowest BCUT2D eigenvalue weighted by molar-refractivity contribution is 0.0955. The lowest BCUT2D eigenvalue weighted by atomic mass is 9.97. The van der Waals surface area contributed by atoms with Crippen LogP contribution in [0.1, 0.15) is 35.5 Å². The highest BCUT2D eigenvalue weighted by Gasteiger charge is 2.17. The molecule has 0 bridgehead atoms. The third kappa shape index (κ3) is 5.66. The van der Waals surface area contributed by atoms with Crippen LogP contribution in [0.3, 0.4) is 0 Å². The van der Waals surface area contributed by atoms with Gasteiger partial charge in [0.25, 0.3) is 5.91 Å². The highest BCUT2D eigenvalue weighted by atomic mass is 19.1. The Labute approximate surface area is 216 Å². The second kappa shape index (κ2) is 10.9. The molecule has 0 aliphatic rings. The molecule has 2 N–H and O–H groups in total. The molecule has 5 nitrogen and oxygen atoms in total. The van der Waals surface area contributed by atoms with Gasteiger partial charge in [-0.15, -0.1) is 0 Å². The fourth-order valence-electron chi connectivity index (χ4n) is 4.25. The molecule has 1 heterocycles. The van der Waals surface area contributed by atoms with Gasteiger partial charge in [-0.1, -0.05) is 18.2 Å². The fraction of sp³-hybridized carbons (Fsp3) is 0.233. The molecule has 37 heavy (non-hydrogen) atoms. The van der Waals surface area contributed by atoms with Gasteiger partial charge in [0.1, 0.15) is 23.1 Å². The molecule has 7 heteroatoms. The summed E-state index contributed by atoms with van der Waals surface area (Å²) < 4.78 is 37.8. The predicted molar refractivity (Wildman–Crippen MR) is 144 cm³/mol. The van der Waals surface area contributed by atoms with E-state index in [1.165, 1.54) is 12.1 Å². The Morgan fingerprint density at radius 2 is 1.70 bits per heavy atom. The first-order valence-electron chi connectivity index (χ1n) is 12.1. The fourth-order valence-corrected chi connectivity index (χ4v) is 4.25. The van der Waals surface area contributed by atoms with Crippen LogP contribution in [0.5, 0.6) is 5.75 Å². The van der Waals surface area contributed by atoms with Crippen molar-refractivity contribution >= 4 is 11.6 Å². The van der Waals surface area contributed by atoms with Crippen molar-refractivity contribution in [3.8, 4) is 28.0 Å². The molecule has 0 radical (unpaired) electrons. The van der Waals surface area contributed by atoms with Crippen molar-refractivity contribution in [2.75, 3.05) is 12.4 Å². The van der Waals surface area contributed by atoms with E-state index < -0.39 is 11.6 Å². The number of carbonyl (C=O) groups is 1. The second-order valence-corrected chi connectivity index (χ2v) is 9.27. The van der Waals surface area contributed by atoms with Crippen LogP contribution in [-0.2, 0) is 13.6 Å². The molecular formula is C30H31F2N3O2. The van der Waals surface area contributed by atoms with Crippen LogP contribution in [0, 0.1) is 18.6 Å². The van der Waals surface area contributed by atoms with Crippen molar-refractivity contribution in [1.29, 1.82) is 0 Å². The second-order valence-electron chi connectivity index (χ2n) is 9.27. The van der Waals surface area contributed by atoms with Crippen LogP contribution in [0.2, 0.25) is 0 Å². The van der Waals surface area contributed by atoms with E-state index in [4.69, 9.17) is 4.74 Å². The van der Waals surface area contributed by atoms with Gasteiger partial charge in [-0.2, -0.15) is 0 Å². The first-order chi connectivity index (χ1) is 17.7. The van der Waals surface area contributed by atoms with Gasteiger partial charge in [-0.25, -0.2) is 8.78 Å². The van der Waals surface area contributed by atoms with E-state index in [1.807, 2.05) is 76.5 Å². The van der Waals surface area contributed by atoms with Crippen molar-refractivity contribution < 1.29 is 18.3 Å². The van der Waals surface area contributed by atoms with Gasteiger partial charge in [0, 0.05) is 49.2 Å². The number of aryl methyl sites for hydroxylation is 2. The molecule has 3 aromatic carbocycles. The predicted octanol–water partition coefficient (Wildman–Crippen LogP) is 6.70. The Balaban J connectivity index is 1.54. The van der Waals surface area contributed by atoms with Crippen molar-refractivity contribution in [3.05, 3.63) is 95.3 Å². The zero-order valence-corrected chi connectivity index (χ0v) is 21.7. The van der Waals surface area contributed by atoms with E-state index in [9.17, 15) is 9.18 Å². The topological polar surface area (TPSA) is 55.3 Å². The largest absolute Gasteiger partial charge is 0.491 e. The molecule has 0 saturated heterocycles. The van der Waals surface area contributed by atoms with Gasteiger partial charge >= 0.3 is 0 Å². The third-order valence-corrected chi connectivity index (χ3v) is 6.21. The maximum Gasteiger partial charge on any atom is 0.267 e. The smallest absolute Gasteiger partial charge is 0.267 e. The van der Waals surface area contributed by atoms with Crippen molar-refractivity contribution in [3.63, 3.8) is 0 Å². The molecule has 4 aromatic rings. The number of amides is 1. The summed E-state index contributed by atoms with van der Waals surface area (Å²) in [7, 11) is 3.41. The Morgan fingerprint density at radius 3 is 2.38 bits per heavy atom. The summed E-state index contributed by atoms with van der Waals surface area (Å²) in [4.78, 5) is 12.0. The molecule has 192 valence electrons. The minimum absolute atomic E-state index is 0.0143. The quantitative estimate of drug-likeness (QED) is 0.281. The third-order valence-electron chi connectivity index (χ3n) is 6.21. The molecule has 1 aromatic heterocycles. The average Bonchev–Trinajstić information content (AvgIpc) is 3.26. The van der Waals surface area contributed by atoms with E-state index in [1.54, 1.807) is 17.7 Å². The van der Waals surface area contributed by atoms with Crippen molar-refractivity contribution in [1.82, 2.24) is 9.88 Å². The number of nitrogens with zero attached hydrogens (tertiary/aromatic N) is 1. The van der Waals surface area contributed by atoms with Gasteiger partial charge in [-0.05, 0) is 79.9 Å². The van der Waals surface area contributed by atoms with E-state index in [0.717, 1.165) is 22.4 Å². The molecule has 0 aliphatic heterocycles. The van der Waals surface area contributed by atoms with Crippen LogP contribution < -0.4 is 15.4 Å². The molecule has 0 fully saturated rings. The van der Waals surface area contributed by atoms with Crippen LogP contribution in [0.25, 0.3) is 22.3 Å². The Bertz CT molecular complexity index is 1430. The standard InChI is InChI=1S/C30H31F2N3O2/c1-18(2)37-23-11-6-19(3)25(15-23)24-12-13-27(31)26(29(24)32)16-34-22-9-7-20(8-10-22)21-14-28(30(36)33-4)35(5)17-21/h6-15,17-18,34H,16H2,1-5H3,(H,33,36). The number of ether oxygens (including phenoxy) is 1. The summed E-state index contributed by atoms with van der Waals surface area (Å²) in [6.45, 7) is 5.73. The van der Waals surface area contributed by atoms with E-state index in [-0.39, 0.29) is 24.1 Å². The maximum absolute atomic E-state index is 15.6. The van der Waals surface area contributed by atoms with E-state index in [2.05, 4.69) is 10.6 Å². The number of carbonyl (C=O) groups excluding carboxylic acids is 1. The number of anilines is 1. The zero-order valence-electron chi connectivity index (χ0n) is 21.7. The molecule has 0 aliphatic carbocycles. The molecule has 0 atom stereocenters. The van der Waals surface area contributed by atoms with Gasteiger partial charge in [0.05, 0.1) is 6.10 Å². The van der Waals surface area contributed by atoms with E-state index in [0.29, 0.717) is 22.6 Å². The first-order valence-corrected chi connectivity index (χ1v) is 12.1. The minimum atomic E-state index is -0.608. The monoisotopic (exact) mass is 503 g/mol. The summed E-state index contributed by atoms with van der Waals surface area (Å²) in [5.41, 5.74) is 4.94. The number of hydrogen-bond donors (Lipinski definition) is 2. The first kappa shape index (κ1) is 25.9. The van der Waals surface area contributed by atoms with Crippen LogP contribution in [0.4, 0.5) is 14.5 Å². The summed E-state index contributed by atoms with van der Waals surface area (Å²) in [5, 5.41) is 5.75. The number of halogens is 2. The van der Waals surface area contributed by atoms with E-state index >= 15 is 4.39 Å². The van der Waals surface area contributed by atoms with Crippen LogP contribution in [-0.4, -0.2) is 23.6 Å². The molecule has 0 spiro atoms. The molecule has 0 saturated carbocycles. The Hall–Kier alpha value is -4.13. The summed E-state index contributed by atoms with van der Waals surface area (Å²) in [5.74, 6) is -0.726.